The Bertz CT molecular complexity index is 1210. The van der Waals surface area contributed by atoms with Crippen molar-refractivity contribution in [3.05, 3.63) is 54.1 Å². The molecule has 2 saturated heterocycles. The van der Waals surface area contributed by atoms with Gasteiger partial charge in [0.25, 0.3) is 0 Å². The molecule has 184 valence electrons. The lowest BCUT2D eigenvalue weighted by atomic mass is 10.1. The molecule has 0 aliphatic carbocycles. The van der Waals surface area contributed by atoms with Gasteiger partial charge in [0.15, 0.2) is 5.82 Å². The highest BCUT2D eigenvalue weighted by Gasteiger charge is 2.31. The Labute approximate surface area is 206 Å². The Balaban J connectivity index is 1.23. The molecule has 0 atom stereocenters. The normalized spacial score (nSPS) is 16.8. The van der Waals surface area contributed by atoms with E-state index in [1.54, 1.807) is 11.0 Å². The van der Waals surface area contributed by atoms with Gasteiger partial charge in [0, 0.05) is 45.0 Å². The minimum Gasteiger partial charge on any atom is -0.368 e. The molecule has 6 nitrogen and oxygen atoms in total. The van der Waals surface area contributed by atoms with E-state index in [4.69, 9.17) is 9.97 Å². The van der Waals surface area contributed by atoms with Crippen LogP contribution >= 0.6 is 11.8 Å². The van der Waals surface area contributed by atoms with Gasteiger partial charge < -0.3 is 14.7 Å². The first-order chi connectivity index (χ1) is 16.9. The smallest absolute Gasteiger partial charge is 0.368 e. The second-order valence-corrected chi connectivity index (χ2v) is 9.70. The minimum atomic E-state index is -4.37. The number of rotatable bonds is 5. The predicted octanol–water partition coefficient (Wildman–Crippen LogP) is 4.69. The van der Waals surface area contributed by atoms with Gasteiger partial charge in [0.05, 0.1) is 22.3 Å². The Morgan fingerprint density at radius 2 is 1.54 bits per heavy atom. The van der Waals surface area contributed by atoms with Gasteiger partial charge in [-0.2, -0.15) is 13.2 Å². The van der Waals surface area contributed by atoms with Gasteiger partial charge in [-0.15, -0.1) is 0 Å². The average Bonchev–Trinajstić information content (AvgIpc) is 3.41. The molecule has 1 amide bonds. The van der Waals surface area contributed by atoms with Crippen LogP contribution in [0.5, 0.6) is 0 Å². The monoisotopic (exact) mass is 501 g/mol. The van der Waals surface area contributed by atoms with Crippen LogP contribution < -0.4 is 9.80 Å². The fourth-order valence-corrected chi connectivity index (χ4v) is 5.43. The van der Waals surface area contributed by atoms with Crippen LogP contribution in [0, 0.1) is 0 Å². The summed E-state index contributed by atoms with van der Waals surface area (Å²) in [6, 6.07) is 13.1. The number of fused-ring (bicyclic) bond motifs is 1. The van der Waals surface area contributed by atoms with E-state index in [0.29, 0.717) is 31.9 Å². The topological polar surface area (TPSA) is 52.6 Å². The first-order valence-corrected chi connectivity index (χ1v) is 12.7. The van der Waals surface area contributed by atoms with Crippen LogP contribution in [0.3, 0.4) is 0 Å². The van der Waals surface area contributed by atoms with Crippen molar-refractivity contribution in [1.29, 1.82) is 0 Å². The number of para-hydroxylation sites is 2. The molecule has 2 aliphatic rings. The number of amides is 1. The summed E-state index contributed by atoms with van der Waals surface area (Å²) in [6.45, 7) is 3.80. The van der Waals surface area contributed by atoms with Gasteiger partial charge in [-0.05, 0) is 43.2 Å². The molecule has 0 N–H and O–H groups in total. The van der Waals surface area contributed by atoms with Crippen LogP contribution in [0.15, 0.2) is 53.6 Å². The molecule has 10 heteroatoms. The quantitative estimate of drug-likeness (QED) is 0.473. The summed E-state index contributed by atoms with van der Waals surface area (Å²) in [5.41, 5.74) is 1.52. The zero-order chi connectivity index (χ0) is 24.4. The van der Waals surface area contributed by atoms with Gasteiger partial charge in [0.2, 0.25) is 5.91 Å². The maximum Gasteiger partial charge on any atom is 0.416 e. The van der Waals surface area contributed by atoms with E-state index in [2.05, 4.69) is 4.90 Å². The molecule has 0 spiro atoms. The molecule has 2 aromatic carbocycles. The molecule has 35 heavy (non-hydrogen) atoms. The number of anilines is 2. The molecule has 2 aliphatic heterocycles. The van der Waals surface area contributed by atoms with Crippen molar-refractivity contribution in [2.45, 2.75) is 24.0 Å². The number of thioether (sulfide) groups is 1. The Hall–Kier alpha value is -3.01. The molecule has 1 aromatic heterocycles. The average molecular weight is 502 g/mol. The molecule has 2 fully saturated rings. The highest BCUT2D eigenvalue weighted by Crippen LogP contribution is 2.33. The molecule has 0 radical (unpaired) electrons. The minimum absolute atomic E-state index is 0.000947. The van der Waals surface area contributed by atoms with Crippen molar-refractivity contribution in [2.75, 3.05) is 54.8 Å². The van der Waals surface area contributed by atoms with Gasteiger partial charge in [-0.1, -0.05) is 30.0 Å². The van der Waals surface area contributed by atoms with E-state index in [1.807, 2.05) is 29.2 Å². The van der Waals surface area contributed by atoms with Crippen LogP contribution in [0.1, 0.15) is 18.4 Å². The number of halogens is 3. The van der Waals surface area contributed by atoms with E-state index in [1.165, 1.54) is 23.9 Å². The van der Waals surface area contributed by atoms with E-state index in [-0.39, 0.29) is 11.7 Å². The van der Waals surface area contributed by atoms with Crippen LogP contribution in [-0.4, -0.2) is 65.8 Å². The number of hydrogen-bond acceptors (Lipinski definition) is 6. The molecule has 0 unspecified atom stereocenters. The molecular weight excluding hydrogens is 475 g/mol. The van der Waals surface area contributed by atoms with Crippen LogP contribution in [0.4, 0.5) is 24.7 Å². The number of nitrogens with zero attached hydrogens (tertiary/aromatic N) is 5. The van der Waals surface area contributed by atoms with Gasteiger partial charge in [-0.3, -0.25) is 4.79 Å². The van der Waals surface area contributed by atoms with E-state index in [0.717, 1.165) is 53.9 Å². The molecular formula is C25H26F3N5OS. The summed E-state index contributed by atoms with van der Waals surface area (Å²) >= 11 is 1.41. The number of hydrogen-bond donors (Lipinski definition) is 0. The lowest BCUT2D eigenvalue weighted by Gasteiger charge is -2.36. The number of alkyl halides is 3. The third-order valence-electron chi connectivity index (χ3n) is 6.43. The number of carbonyl (C=O) groups is 1. The van der Waals surface area contributed by atoms with Crippen molar-refractivity contribution in [1.82, 2.24) is 14.9 Å². The second-order valence-electron chi connectivity index (χ2n) is 8.74. The van der Waals surface area contributed by atoms with Crippen molar-refractivity contribution >= 4 is 40.2 Å². The first-order valence-electron chi connectivity index (χ1n) is 11.7. The summed E-state index contributed by atoms with van der Waals surface area (Å²) in [5, 5.41) is 0.765. The van der Waals surface area contributed by atoms with Gasteiger partial charge >= 0.3 is 6.18 Å². The highest BCUT2D eigenvalue weighted by molar-refractivity contribution is 8.00. The zero-order valence-electron chi connectivity index (χ0n) is 19.2. The largest absolute Gasteiger partial charge is 0.416 e. The van der Waals surface area contributed by atoms with E-state index < -0.39 is 11.7 Å². The Morgan fingerprint density at radius 1 is 0.857 bits per heavy atom. The number of carbonyl (C=O) groups excluding carboxylic acids is 1. The zero-order valence-corrected chi connectivity index (χ0v) is 20.0. The second kappa shape index (κ2) is 9.93. The molecule has 3 heterocycles. The van der Waals surface area contributed by atoms with Crippen molar-refractivity contribution < 1.29 is 18.0 Å². The maximum absolute atomic E-state index is 13.1. The molecule has 5 rings (SSSR count). The van der Waals surface area contributed by atoms with E-state index >= 15 is 0 Å². The van der Waals surface area contributed by atoms with E-state index in [9.17, 15) is 18.0 Å². The summed E-state index contributed by atoms with van der Waals surface area (Å²) in [7, 11) is 0. The van der Waals surface area contributed by atoms with Crippen LogP contribution in [-0.2, 0) is 11.0 Å². The maximum atomic E-state index is 13.1. The molecule has 0 saturated carbocycles. The van der Waals surface area contributed by atoms with Gasteiger partial charge in [-0.25, -0.2) is 9.97 Å². The fraction of sp³-hybridized carbons (Fsp3) is 0.400. The predicted molar refractivity (Wildman–Crippen MR) is 132 cm³/mol. The SMILES string of the molecule is O=C(CSc1nc2ccccc2nc1N1CCCC1)N1CCN(c2cccc(C(F)(F)F)c2)CC1. The van der Waals surface area contributed by atoms with Crippen LogP contribution in [0.2, 0.25) is 0 Å². The number of piperazine rings is 1. The summed E-state index contributed by atoms with van der Waals surface area (Å²) in [4.78, 5) is 28.5. The van der Waals surface area contributed by atoms with Crippen molar-refractivity contribution in [3.63, 3.8) is 0 Å². The van der Waals surface area contributed by atoms with Gasteiger partial charge in [0.1, 0.15) is 5.03 Å². The number of benzene rings is 2. The molecule has 3 aromatic rings. The third-order valence-corrected chi connectivity index (χ3v) is 7.37. The summed E-state index contributed by atoms with van der Waals surface area (Å²) in [5.74, 6) is 1.09. The lowest BCUT2D eigenvalue weighted by Crippen LogP contribution is -2.49. The van der Waals surface area contributed by atoms with Crippen molar-refractivity contribution in [2.24, 2.45) is 0 Å². The lowest BCUT2D eigenvalue weighted by molar-refractivity contribution is -0.137. The fourth-order valence-electron chi connectivity index (χ4n) is 4.52. The van der Waals surface area contributed by atoms with Crippen LogP contribution in [0.25, 0.3) is 11.0 Å². The standard InChI is InChI=1S/C25H26F3N5OS/c26-25(27,28)18-6-5-7-19(16-18)31-12-14-32(15-13-31)22(34)17-35-24-23(33-10-3-4-11-33)29-20-8-1-2-9-21(20)30-24/h1-2,5-9,16H,3-4,10-15,17H2. The number of aromatic nitrogens is 2. The summed E-state index contributed by atoms with van der Waals surface area (Å²) in [6.07, 6.45) is -2.13. The van der Waals surface area contributed by atoms with Crippen molar-refractivity contribution in [3.8, 4) is 0 Å². The Morgan fingerprint density at radius 3 is 2.23 bits per heavy atom. The highest BCUT2D eigenvalue weighted by atomic mass is 32.2. The first kappa shape index (κ1) is 23.7. The molecule has 0 bridgehead atoms. The summed E-state index contributed by atoms with van der Waals surface area (Å²) < 4.78 is 39.2. The third kappa shape index (κ3) is 5.32. The Kier molecular flexibility index (Phi) is 6.73.